The lowest BCUT2D eigenvalue weighted by Gasteiger charge is -2.28. The Morgan fingerprint density at radius 3 is 2.04 bits per heavy atom. The Bertz CT molecular complexity index is 902. The first-order valence-electron chi connectivity index (χ1n) is 9.29. The number of sulfonamides is 1. The van der Waals surface area contributed by atoms with Crippen LogP contribution in [0.3, 0.4) is 0 Å². The number of carbonyl (C=O) groups is 1. The third kappa shape index (κ3) is 5.06. The summed E-state index contributed by atoms with van der Waals surface area (Å²) in [6.45, 7) is 6.98. The number of para-hydroxylation sites is 1. The van der Waals surface area contributed by atoms with Crippen molar-refractivity contribution in [3.8, 4) is 0 Å². The molecule has 0 aliphatic carbocycles. The predicted octanol–water partition coefficient (Wildman–Crippen LogP) is 4.61. The minimum Gasteiger partial charge on any atom is -0.462 e. The minimum absolute atomic E-state index is 0.0715. The van der Waals surface area contributed by atoms with Gasteiger partial charge in [0.1, 0.15) is 6.54 Å². The van der Waals surface area contributed by atoms with Crippen LogP contribution in [0.5, 0.6) is 0 Å². The molecule has 152 valence electrons. The number of nitrogens with zero attached hydrogens (tertiary/aromatic N) is 1. The van der Waals surface area contributed by atoms with E-state index in [1.807, 2.05) is 32.0 Å². The van der Waals surface area contributed by atoms with Crippen LogP contribution in [0, 0.1) is 0 Å². The van der Waals surface area contributed by atoms with Gasteiger partial charge in [-0.3, -0.25) is 9.10 Å². The van der Waals surface area contributed by atoms with Crippen LogP contribution >= 0.6 is 11.6 Å². The molecule has 28 heavy (non-hydrogen) atoms. The van der Waals surface area contributed by atoms with Crippen molar-refractivity contribution in [1.29, 1.82) is 0 Å². The van der Waals surface area contributed by atoms with Crippen molar-refractivity contribution in [2.75, 3.05) is 10.8 Å². The number of halogens is 1. The van der Waals surface area contributed by atoms with Crippen molar-refractivity contribution in [2.45, 2.75) is 51.5 Å². The van der Waals surface area contributed by atoms with Crippen LogP contribution in [0.15, 0.2) is 47.4 Å². The molecule has 0 saturated carbocycles. The van der Waals surface area contributed by atoms with Crippen LogP contribution in [0.4, 0.5) is 5.69 Å². The first-order valence-corrected chi connectivity index (χ1v) is 11.1. The Labute approximate surface area is 172 Å². The molecule has 0 atom stereocenters. The summed E-state index contributed by atoms with van der Waals surface area (Å²) in [7, 11) is -3.99. The molecular weight excluding hydrogens is 398 g/mol. The fourth-order valence-corrected chi connectivity index (χ4v) is 4.58. The van der Waals surface area contributed by atoms with Crippen LogP contribution in [-0.4, -0.2) is 27.0 Å². The molecule has 0 heterocycles. The van der Waals surface area contributed by atoms with E-state index in [0.717, 1.165) is 11.1 Å². The summed E-state index contributed by atoms with van der Waals surface area (Å²) in [5.74, 6) is -0.597. The standard InChI is InChI=1S/C21H26ClNO4S/c1-5-16-8-7-9-17(6-2)21(16)23(14-20(24)27-15(3)4)28(25,26)19-12-10-18(22)11-13-19/h7-13,15H,5-6,14H2,1-4H3. The zero-order valence-electron chi connectivity index (χ0n) is 16.6. The van der Waals surface area contributed by atoms with E-state index in [1.165, 1.54) is 28.6 Å². The summed E-state index contributed by atoms with van der Waals surface area (Å²) in [6.07, 6.45) is 0.934. The molecule has 5 nitrogen and oxygen atoms in total. The van der Waals surface area contributed by atoms with Crippen molar-refractivity contribution in [3.05, 3.63) is 58.6 Å². The van der Waals surface area contributed by atoms with Gasteiger partial charge in [-0.25, -0.2) is 8.42 Å². The molecule has 0 aromatic heterocycles. The van der Waals surface area contributed by atoms with E-state index in [-0.39, 0.29) is 11.0 Å². The molecule has 0 fully saturated rings. The van der Waals surface area contributed by atoms with E-state index in [1.54, 1.807) is 13.8 Å². The molecule has 0 spiro atoms. The summed E-state index contributed by atoms with van der Waals surface area (Å²) in [5.41, 5.74) is 2.26. The highest BCUT2D eigenvalue weighted by molar-refractivity contribution is 7.92. The van der Waals surface area contributed by atoms with Crippen molar-refractivity contribution in [1.82, 2.24) is 0 Å². The van der Waals surface area contributed by atoms with Gasteiger partial charge < -0.3 is 4.74 Å². The highest BCUT2D eigenvalue weighted by Crippen LogP contribution is 2.32. The normalized spacial score (nSPS) is 11.5. The zero-order chi connectivity index (χ0) is 20.9. The predicted molar refractivity (Wildman–Crippen MR) is 112 cm³/mol. The fraction of sp³-hybridized carbons (Fsp3) is 0.381. The van der Waals surface area contributed by atoms with Gasteiger partial charge in [-0.2, -0.15) is 0 Å². The summed E-state index contributed by atoms with van der Waals surface area (Å²) in [5, 5.41) is 0.438. The molecule has 0 saturated heterocycles. The summed E-state index contributed by atoms with van der Waals surface area (Å²) in [4.78, 5) is 12.5. The Morgan fingerprint density at radius 1 is 1.04 bits per heavy atom. The van der Waals surface area contributed by atoms with E-state index < -0.39 is 22.5 Å². The number of benzene rings is 2. The van der Waals surface area contributed by atoms with Gasteiger partial charge in [-0.05, 0) is 62.1 Å². The highest BCUT2D eigenvalue weighted by atomic mass is 35.5. The molecule has 0 aliphatic rings. The van der Waals surface area contributed by atoms with Crippen molar-refractivity contribution in [2.24, 2.45) is 0 Å². The lowest BCUT2D eigenvalue weighted by molar-refractivity contribution is -0.145. The highest BCUT2D eigenvalue weighted by Gasteiger charge is 2.30. The topological polar surface area (TPSA) is 63.7 Å². The third-order valence-electron chi connectivity index (χ3n) is 4.26. The van der Waals surface area contributed by atoms with Crippen LogP contribution in [0.2, 0.25) is 5.02 Å². The molecule has 0 radical (unpaired) electrons. The number of carbonyl (C=O) groups excluding carboxylic acids is 1. The maximum absolute atomic E-state index is 13.5. The van der Waals surface area contributed by atoms with Crippen molar-refractivity contribution >= 4 is 33.3 Å². The number of hydrogen-bond acceptors (Lipinski definition) is 4. The molecule has 0 amide bonds. The average molecular weight is 424 g/mol. The van der Waals surface area contributed by atoms with E-state index >= 15 is 0 Å². The number of hydrogen-bond donors (Lipinski definition) is 0. The first kappa shape index (κ1) is 22.2. The molecule has 2 aromatic rings. The first-order chi connectivity index (χ1) is 13.2. The van der Waals surface area contributed by atoms with Gasteiger partial charge in [0, 0.05) is 5.02 Å². The van der Waals surface area contributed by atoms with Crippen LogP contribution in [0.25, 0.3) is 0 Å². The lowest BCUT2D eigenvalue weighted by atomic mass is 10.0. The molecule has 2 rings (SSSR count). The second-order valence-electron chi connectivity index (χ2n) is 6.64. The maximum atomic E-state index is 13.5. The molecule has 2 aromatic carbocycles. The number of rotatable bonds is 8. The number of esters is 1. The van der Waals surface area contributed by atoms with Crippen LogP contribution < -0.4 is 4.31 Å². The molecule has 0 unspecified atom stereocenters. The molecular formula is C21H26ClNO4S. The molecule has 0 aliphatic heterocycles. The quantitative estimate of drug-likeness (QED) is 0.581. The average Bonchev–Trinajstić information content (AvgIpc) is 2.65. The van der Waals surface area contributed by atoms with Gasteiger partial charge in [-0.15, -0.1) is 0 Å². The summed E-state index contributed by atoms with van der Waals surface area (Å²) < 4.78 is 33.4. The zero-order valence-corrected chi connectivity index (χ0v) is 18.2. The van der Waals surface area contributed by atoms with Crippen LogP contribution in [-0.2, 0) is 32.4 Å². The second kappa shape index (κ2) is 9.43. The van der Waals surface area contributed by atoms with Gasteiger partial charge in [0.05, 0.1) is 16.7 Å². The monoisotopic (exact) mass is 423 g/mol. The van der Waals surface area contributed by atoms with Gasteiger partial charge in [0.2, 0.25) is 0 Å². The second-order valence-corrected chi connectivity index (χ2v) is 8.93. The Hall–Kier alpha value is -2.05. The number of anilines is 1. The smallest absolute Gasteiger partial charge is 0.327 e. The SMILES string of the molecule is CCc1cccc(CC)c1N(CC(=O)OC(C)C)S(=O)(=O)c1ccc(Cl)cc1. The Balaban J connectivity index is 2.64. The molecule has 0 N–H and O–H groups in total. The largest absolute Gasteiger partial charge is 0.462 e. The number of ether oxygens (including phenoxy) is 1. The summed E-state index contributed by atoms with van der Waals surface area (Å²) in [6, 6.07) is 11.6. The van der Waals surface area contributed by atoms with Gasteiger partial charge in [-0.1, -0.05) is 43.6 Å². The minimum atomic E-state index is -3.99. The van der Waals surface area contributed by atoms with Crippen LogP contribution in [0.1, 0.15) is 38.8 Å². The van der Waals surface area contributed by atoms with Gasteiger partial charge in [0.25, 0.3) is 10.0 Å². The van der Waals surface area contributed by atoms with Gasteiger partial charge >= 0.3 is 5.97 Å². The van der Waals surface area contributed by atoms with E-state index in [4.69, 9.17) is 16.3 Å². The maximum Gasteiger partial charge on any atom is 0.327 e. The van der Waals surface area contributed by atoms with E-state index in [2.05, 4.69) is 0 Å². The Kier molecular flexibility index (Phi) is 7.49. The third-order valence-corrected chi connectivity index (χ3v) is 6.27. The van der Waals surface area contributed by atoms with E-state index in [9.17, 15) is 13.2 Å². The van der Waals surface area contributed by atoms with Crippen molar-refractivity contribution in [3.63, 3.8) is 0 Å². The summed E-state index contributed by atoms with van der Waals surface area (Å²) >= 11 is 5.91. The Morgan fingerprint density at radius 2 is 1.57 bits per heavy atom. The molecule has 7 heteroatoms. The van der Waals surface area contributed by atoms with E-state index in [0.29, 0.717) is 23.6 Å². The number of aryl methyl sites for hydroxylation is 2. The van der Waals surface area contributed by atoms with Crippen molar-refractivity contribution < 1.29 is 17.9 Å². The molecule has 0 bridgehead atoms. The fourth-order valence-electron chi connectivity index (χ4n) is 2.97. The van der Waals surface area contributed by atoms with Gasteiger partial charge in [0.15, 0.2) is 0 Å². The lowest BCUT2D eigenvalue weighted by Crippen LogP contribution is -2.38.